The van der Waals surface area contributed by atoms with Gasteiger partial charge >= 0.3 is 11.9 Å². The van der Waals surface area contributed by atoms with E-state index in [1.807, 2.05) is 38.2 Å². The van der Waals surface area contributed by atoms with E-state index in [1.165, 1.54) is 0 Å². The van der Waals surface area contributed by atoms with Crippen molar-refractivity contribution in [3.63, 3.8) is 0 Å². The van der Waals surface area contributed by atoms with Crippen molar-refractivity contribution in [2.24, 2.45) is 10.8 Å². The van der Waals surface area contributed by atoms with Crippen LogP contribution in [-0.4, -0.2) is 11.9 Å². The van der Waals surface area contributed by atoms with Gasteiger partial charge in [0.2, 0.25) is 0 Å². The predicted octanol–water partition coefficient (Wildman–Crippen LogP) is 2.38. The number of ether oxygens (including phenoxy) is 1. The predicted molar refractivity (Wildman–Crippen MR) is 59.4 cm³/mol. The summed E-state index contributed by atoms with van der Waals surface area (Å²) in [5.74, 6) is -0.781. The highest BCUT2D eigenvalue weighted by atomic mass is 16.6. The second-order valence-electron chi connectivity index (χ2n) is 4.67. The number of fused-ring (bicyclic) bond motifs is 1. The van der Waals surface area contributed by atoms with E-state index in [0.29, 0.717) is 12.8 Å². The highest BCUT2D eigenvalue weighted by Crippen LogP contribution is 2.55. The lowest BCUT2D eigenvalue weighted by molar-refractivity contribution is -0.155. The molecule has 0 aromatic heterocycles. The first kappa shape index (κ1) is 11.1. The molecular weight excluding hydrogens is 204 g/mol. The summed E-state index contributed by atoms with van der Waals surface area (Å²) in [6.45, 7) is 3.83. The molecule has 1 aliphatic heterocycles. The largest absolute Gasteiger partial charge is 0.392 e. The minimum atomic E-state index is -0.769. The molecule has 0 amide bonds. The summed E-state index contributed by atoms with van der Waals surface area (Å²) in [5.41, 5.74) is -1.49. The van der Waals surface area contributed by atoms with E-state index in [9.17, 15) is 9.59 Å². The fourth-order valence-electron chi connectivity index (χ4n) is 2.50. The van der Waals surface area contributed by atoms with Crippen LogP contribution in [0.1, 0.15) is 33.1 Å². The molecule has 0 spiro atoms. The molecule has 16 heavy (non-hydrogen) atoms. The summed E-state index contributed by atoms with van der Waals surface area (Å²) >= 11 is 0. The van der Waals surface area contributed by atoms with Crippen molar-refractivity contribution >= 4 is 11.9 Å². The molecule has 2 rings (SSSR count). The Morgan fingerprint density at radius 1 is 1.31 bits per heavy atom. The van der Waals surface area contributed by atoms with Gasteiger partial charge in [-0.3, -0.25) is 9.59 Å². The Morgan fingerprint density at radius 2 is 2.00 bits per heavy atom. The number of allylic oxidation sites excluding steroid dienone is 3. The lowest BCUT2D eigenvalue weighted by Gasteiger charge is -2.36. The SMILES string of the molecule is CCC=CC12CC=CCC1(C)C(=O)OC2=O. The minimum Gasteiger partial charge on any atom is -0.392 e. The number of carbonyl (C=O) groups excluding carboxylic acids is 2. The molecule has 0 radical (unpaired) electrons. The second-order valence-corrected chi connectivity index (χ2v) is 4.67. The molecule has 1 heterocycles. The first-order valence-corrected chi connectivity index (χ1v) is 5.66. The van der Waals surface area contributed by atoms with Gasteiger partial charge in [0.15, 0.2) is 0 Å². The first-order chi connectivity index (χ1) is 7.57. The van der Waals surface area contributed by atoms with Crippen molar-refractivity contribution in [3.05, 3.63) is 24.3 Å². The van der Waals surface area contributed by atoms with Gasteiger partial charge in [-0.15, -0.1) is 0 Å². The fraction of sp³-hybridized carbons (Fsp3) is 0.538. The Labute approximate surface area is 95.2 Å². The number of cyclic esters (lactones) is 2. The van der Waals surface area contributed by atoms with E-state index in [-0.39, 0.29) is 5.97 Å². The highest BCUT2D eigenvalue weighted by Gasteiger charge is 2.64. The van der Waals surface area contributed by atoms with E-state index in [0.717, 1.165) is 6.42 Å². The van der Waals surface area contributed by atoms with Crippen LogP contribution in [0.5, 0.6) is 0 Å². The third-order valence-corrected chi connectivity index (χ3v) is 3.76. The molecule has 0 aromatic rings. The summed E-state index contributed by atoms with van der Waals surface area (Å²) in [6, 6.07) is 0. The van der Waals surface area contributed by atoms with Crippen LogP contribution in [0.4, 0.5) is 0 Å². The normalized spacial score (nSPS) is 37.9. The zero-order chi connectivity index (χ0) is 11.8. The van der Waals surface area contributed by atoms with Crippen LogP contribution in [0.2, 0.25) is 0 Å². The molecule has 1 aliphatic carbocycles. The maximum absolute atomic E-state index is 11.9. The molecule has 2 atom stereocenters. The van der Waals surface area contributed by atoms with Crippen molar-refractivity contribution in [1.29, 1.82) is 0 Å². The van der Waals surface area contributed by atoms with Gasteiger partial charge in [-0.1, -0.05) is 31.2 Å². The maximum Gasteiger partial charge on any atom is 0.325 e. The highest BCUT2D eigenvalue weighted by molar-refractivity contribution is 6.03. The van der Waals surface area contributed by atoms with Gasteiger partial charge in [0.25, 0.3) is 0 Å². The Hall–Kier alpha value is -1.38. The van der Waals surface area contributed by atoms with Gasteiger partial charge in [-0.05, 0) is 26.2 Å². The molecule has 2 aliphatic rings. The Bertz CT molecular complexity index is 394. The van der Waals surface area contributed by atoms with Crippen molar-refractivity contribution in [1.82, 2.24) is 0 Å². The smallest absolute Gasteiger partial charge is 0.325 e. The van der Waals surface area contributed by atoms with Crippen molar-refractivity contribution in [2.45, 2.75) is 33.1 Å². The van der Waals surface area contributed by atoms with Gasteiger partial charge in [0.1, 0.15) is 5.41 Å². The minimum absolute atomic E-state index is 0.386. The van der Waals surface area contributed by atoms with Crippen LogP contribution < -0.4 is 0 Å². The quantitative estimate of drug-likeness (QED) is 0.407. The molecule has 0 saturated carbocycles. The van der Waals surface area contributed by atoms with Crippen LogP contribution in [0, 0.1) is 10.8 Å². The second kappa shape index (κ2) is 3.58. The van der Waals surface area contributed by atoms with Gasteiger partial charge in [-0.2, -0.15) is 0 Å². The Balaban J connectivity index is 2.51. The molecule has 3 nitrogen and oxygen atoms in total. The zero-order valence-corrected chi connectivity index (χ0v) is 9.66. The number of rotatable bonds is 2. The monoisotopic (exact) mass is 220 g/mol. The zero-order valence-electron chi connectivity index (χ0n) is 9.66. The van der Waals surface area contributed by atoms with Gasteiger partial charge < -0.3 is 4.74 Å². The van der Waals surface area contributed by atoms with E-state index in [1.54, 1.807) is 0 Å². The van der Waals surface area contributed by atoms with E-state index in [4.69, 9.17) is 4.74 Å². The third-order valence-electron chi connectivity index (χ3n) is 3.76. The molecule has 1 saturated heterocycles. The molecular formula is C13H16O3. The summed E-state index contributed by atoms with van der Waals surface area (Å²) in [5, 5.41) is 0. The molecule has 0 bridgehead atoms. The maximum atomic E-state index is 11.9. The number of hydrogen-bond donors (Lipinski definition) is 0. The average molecular weight is 220 g/mol. The number of carbonyl (C=O) groups is 2. The van der Waals surface area contributed by atoms with Crippen LogP contribution in [0.15, 0.2) is 24.3 Å². The summed E-state index contributed by atoms with van der Waals surface area (Å²) < 4.78 is 4.84. The average Bonchev–Trinajstić information content (AvgIpc) is 2.46. The molecule has 0 aromatic carbocycles. The fourth-order valence-corrected chi connectivity index (χ4v) is 2.50. The Kier molecular flexibility index (Phi) is 2.49. The summed E-state index contributed by atoms with van der Waals surface area (Å²) in [6.07, 6.45) is 9.71. The molecule has 3 heteroatoms. The van der Waals surface area contributed by atoms with Crippen LogP contribution in [0.3, 0.4) is 0 Å². The van der Waals surface area contributed by atoms with Gasteiger partial charge in [0.05, 0.1) is 5.41 Å². The molecule has 2 unspecified atom stereocenters. The van der Waals surface area contributed by atoms with Crippen LogP contribution in [0.25, 0.3) is 0 Å². The Morgan fingerprint density at radius 3 is 2.69 bits per heavy atom. The first-order valence-electron chi connectivity index (χ1n) is 5.66. The lowest BCUT2D eigenvalue weighted by Crippen LogP contribution is -2.42. The van der Waals surface area contributed by atoms with Crippen molar-refractivity contribution < 1.29 is 14.3 Å². The number of hydrogen-bond acceptors (Lipinski definition) is 3. The lowest BCUT2D eigenvalue weighted by atomic mass is 9.60. The van der Waals surface area contributed by atoms with Crippen LogP contribution >= 0.6 is 0 Å². The molecule has 0 N–H and O–H groups in total. The van der Waals surface area contributed by atoms with E-state index < -0.39 is 16.8 Å². The standard InChI is InChI=1S/C13H16O3/c1-3-4-8-13-9-6-5-7-12(13,2)10(14)16-11(13)15/h4-6,8H,3,7,9H2,1-2H3. The van der Waals surface area contributed by atoms with Crippen molar-refractivity contribution in [2.75, 3.05) is 0 Å². The van der Waals surface area contributed by atoms with Gasteiger partial charge in [-0.25, -0.2) is 0 Å². The molecule has 86 valence electrons. The van der Waals surface area contributed by atoms with Crippen LogP contribution in [-0.2, 0) is 14.3 Å². The number of esters is 2. The summed E-state index contributed by atoms with van der Waals surface area (Å²) in [4.78, 5) is 23.7. The van der Waals surface area contributed by atoms with E-state index >= 15 is 0 Å². The van der Waals surface area contributed by atoms with Crippen molar-refractivity contribution in [3.8, 4) is 0 Å². The van der Waals surface area contributed by atoms with Gasteiger partial charge in [0, 0.05) is 0 Å². The molecule has 1 fully saturated rings. The summed E-state index contributed by atoms with van der Waals surface area (Å²) in [7, 11) is 0. The van der Waals surface area contributed by atoms with E-state index in [2.05, 4.69) is 0 Å². The topological polar surface area (TPSA) is 43.4 Å². The third kappa shape index (κ3) is 1.20.